The molecule has 4 heteroatoms. The highest BCUT2D eigenvalue weighted by atomic mass is 16.5. The Morgan fingerprint density at radius 2 is 2.33 bits per heavy atom. The molecule has 1 aromatic heterocycles. The first kappa shape index (κ1) is 9.98. The minimum Gasteiger partial charge on any atom is -0.497 e. The molecule has 1 N–H and O–H groups in total. The van der Waals surface area contributed by atoms with E-state index in [4.69, 9.17) is 9.15 Å². The van der Waals surface area contributed by atoms with E-state index in [1.807, 2.05) is 25.1 Å². The summed E-state index contributed by atoms with van der Waals surface area (Å²) in [7, 11) is 1.64. The van der Waals surface area contributed by atoms with Crippen LogP contribution in [0.1, 0.15) is 12.8 Å². The smallest absolute Gasteiger partial charge is 0.209 e. The van der Waals surface area contributed by atoms with E-state index in [0.717, 1.165) is 23.4 Å². The molecular weight excluding hydrogens is 192 g/mol. The second-order valence-corrected chi connectivity index (χ2v) is 3.22. The summed E-state index contributed by atoms with van der Waals surface area (Å²) in [5, 5.41) is 3.17. The molecule has 0 saturated heterocycles. The Hall–Kier alpha value is -1.55. The Kier molecular flexibility index (Phi) is 2.87. The van der Waals surface area contributed by atoms with Crippen LogP contribution in [0, 0.1) is 0 Å². The summed E-state index contributed by atoms with van der Waals surface area (Å²) >= 11 is 0. The number of hydrogen-bond acceptors (Lipinski definition) is 4. The quantitative estimate of drug-likeness (QED) is 0.830. The second-order valence-electron chi connectivity index (χ2n) is 3.22. The van der Waals surface area contributed by atoms with Crippen molar-refractivity contribution in [1.29, 1.82) is 0 Å². The minimum atomic E-state index is 0.660. The molecule has 2 rings (SSSR count). The lowest BCUT2D eigenvalue weighted by molar-refractivity contribution is 0.415. The first-order valence-corrected chi connectivity index (χ1v) is 4.97. The third-order valence-electron chi connectivity index (χ3n) is 2.17. The molecule has 2 aromatic rings. The lowest BCUT2D eigenvalue weighted by Crippen LogP contribution is -2.11. The highest BCUT2D eigenvalue weighted by Crippen LogP contribution is 2.20. The number of hydrogen-bond donors (Lipinski definition) is 1. The predicted octanol–water partition coefficient (Wildman–Crippen LogP) is 1.95. The minimum absolute atomic E-state index is 0.660. The Bertz CT molecular complexity index is 451. The van der Waals surface area contributed by atoms with Crippen LogP contribution in [0.2, 0.25) is 0 Å². The Balaban J connectivity index is 2.29. The van der Waals surface area contributed by atoms with E-state index < -0.39 is 0 Å². The van der Waals surface area contributed by atoms with Crippen molar-refractivity contribution in [3.05, 3.63) is 24.1 Å². The fraction of sp³-hybridized carbons (Fsp3) is 0.364. The largest absolute Gasteiger partial charge is 0.497 e. The summed E-state index contributed by atoms with van der Waals surface area (Å²) in [6.07, 6.45) is 0. The van der Waals surface area contributed by atoms with Gasteiger partial charge in [-0.15, -0.1) is 0 Å². The molecular formula is C11H14N2O2. The van der Waals surface area contributed by atoms with Crippen LogP contribution in [0.25, 0.3) is 11.1 Å². The molecule has 1 aromatic carbocycles. The van der Waals surface area contributed by atoms with Crippen molar-refractivity contribution in [3.63, 3.8) is 0 Å². The second kappa shape index (κ2) is 4.31. The number of fused-ring (bicyclic) bond motifs is 1. The summed E-state index contributed by atoms with van der Waals surface area (Å²) < 4.78 is 10.7. The van der Waals surface area contributed by atoms with Crippen molar-refractivity contribution >= 4 is 11.1 Å². The van der Waals surface area contributed by atoms with Gasteiger partial charge in [-0.3, -0.25) is 0 Å². The van der Waals surface area contributed by atoms with Gasteiger partial charge in [-0.05, 0) is 18.7 Å². The van der Waals surface area contributed by atoms with Gasteiger partial charge in [0.25, 0.3) is 0 Å². The third-order valence-corrected chi connectivity index (χ3v) is 2.17. The molecule has 0 amide bonds. The summed E-state index contributed by atoms with van der Waals surface area (Å²) in [4.78, 5) is 4.35. The van der Waals surface area contributed by atoms with Crippen LogP contribution in [0.5, 0.6) is 5.75 Å². The van der Waals surface area contributed by atoms with Gasteiger partial charge in [0.15, 0.2) is 5.58 Å². The van der Waals surface area contributed by atoms with Gasteiger partial charge in [-0.2, -0.15) is 0 Å². The highest BCUT2D eigenvalue weighted by Gasteiger charge is 2.05. The monoisotopic (exact) mass is 206 g/mol. The van der Waals surface area contributed by atoms with Crippen molar-refractivity contribution in [1.82, 2.24) is 10.3 Å². The number of methoxy groups -OCH3 is 1. The summed E-state index contributed by atoms with van der Waals surface area (Å²) in [6, 6.07) is 5.61. The van der Waals surface area contributed by atoms with Crippen LogP contribution in [0.4, 0.5) is 0 Å². The molecule has 0 radical (unpaired) electrons. The topological polar surface area (TPSA) is 47.3 Å². The average Bonchev–Trinajstić information content (AvgIpc) is 2.67. The van der Waals surface area contributed by atoms with Gasteiger partial charge in [0.2, 0.25) is 5.89 Å². The van der Waals surface area contributed by atoms with E-state index in [2.05, 4.69) is 10.3 Å². The summed E-state index contributed by atoms with van der Waals surface area (Å²) in [6.45, 7) is 3.61. The average molecular weight is 206 g/mol. The first-order chi connectivity index (χ1) is 7.33. The van der Waals surface area contributed by atoms with E-state index >= 15 is 0 Å². The molecule has 0 saturated carbocycles. The fourth-order valence-electron chi connectivity index (χ4n) is 1.39. The maximum Gasteiger partial charge on any atom is 0.209 e. The number of nitrogens with one attached hydrogen (secondary N) is 1. The zero-order chi connectivity index (χ0) is 10.7. The number of nitrogens with zero attached hydrogens (tertiary/aromatic N) is 1. The number of rotatable bonds is 4. The molecule has 0 aliphatic heterocycles. The van der Waals surface area contributed by atoms with Gasteiger partial charge in [-0.1, -0.05) is 6.92 Å². The van der Waals surface area contributed by atoms with Crippen molar-refractivity contribution in [2.24, 2.45) is 0 Å². The maximum atomic E-state index is 5.54. The van der Waals surface area contributed by atoms with E-state index in [-0.39, 0.29) is 0 Å². The van der Waals surface area contributed by atoms with Crippen molar-refractivity contribution in [3.8, 4) is 5.75 Å². The highest BCUT2D eigenvalue weighted by molar-refractivity contribution is 5.74. The Morgan fingerprint density at radius 3 is 3.07 bits per heavy atom. The van der Waals surface area contributed by atoms with Crippen LogP contribution >= 0.6 is 0 Å². The summed E-state index contributed by atoms with van der Waals surface area (Å²) in [5.41, 5.74) is 1.63. The van der Waals surface area contributed by atoms with Crippen LogP contribution in [0.15, 0.2) is 22.6 Å². The lowest BCUT2D eigenvalue weighted by Gasteiger charge is -1.95. The van der Waals surface area contributed by atoms with Crippen LogP contribution in [-0.4, -0.2) is 18.6 Å². The van der Waals surface area contributed by atoms with Crippen LogP contribution in [0.3, 0.4) is 0 Å². The van der Waals surface area contributed by atoms with Gasteiger partial charge >= 0.3 is 0 Å². The van der Waals surface area contributed by atoms with Crippen LogP contribution in [-0.2, 0) is 6.54 Å². The van der Waals surface area contributed by atoms with Gasteiger partial charge in [0.1, 0.15) is 11.3 Å². The van der Waals surface area contributed by atoms with Gasteiger partial charge in [-0.25, -0.2) is 4.98 Å². The molecule has 0 aliphatic carbocycles. The van der Waals surface area contributed by atoms with Gasteiger partial charge < -0.3 is 14.5 Å². The van der Waals surface area contributed by atoms with Crippen molar-refractivity contribution in [2.45, 2.75) is 13.5 Å². The fourth-order valence-corrected chi connectivity index (χ4v) is 1.39. The summed E-state index contributed by atoms with van der Waals surface area (Å²) in [5.74, 6) is 1.51. The third kappa shape index (κ3) is 2.10. The van der Waals surface area contributed by atoms with E-state index in [1.54, 1.807) is 7.11 Å². The molecule has 0 aliphatic rings. The number of aromatic nitrogens is 1. The van der Waals surface area contributed by atoms with Crippen molar-refractivity contribution in [2.75, 3.05) is 13.7 Å². The first-order valence-electron chi connectivity index (χ1n) is 4.97. The van der Waals surface area contributed by atoms with E-state index in [0.29, 0.717) is 12.4 Å². The van der Waals surface area contributed by atoms with E-state index in [1.165, 1.54) is 0 Å². The number of oxazole rings is 1. The Morgan fingerprint density at radius 1 is 1.47 bits per heavy atom. The molecule has 0 atom stereocenters. The van der Waals surface area contributed by atoms with Gasteiger partial charge in [0.05, 0.1) is 13.7 Å². The molecule has 0 spiro atoms. The maximum absolute atomic E-state index is 5.54. The normalized spacial score (nSPS) is 10.8. The van der Waals surface area contributed by atoms with Gasteiger partial charge in [0, 0.05) is 6.07 Å². The zero-order valence-electron chi connectivity index (χ0n) is 8.91. The number of ether oxygens (including phenoxy) is 1. The standard InChI is InChI=1S/C11H14N2O2/c1-3-12-7-11-13-9-6-8(14-2)4-5-10(9)15-11/h4-6,12H,3,7H2,1-2H3. The van der Waals surface area contributed by atoms with E-state index in [9.17, 15) is 0 Å². The lowest BCUT2D eigenvalue weighted by atomic mass is 10.3. The molecule has 15 heavy (non-hydrogen) atoms. The molecule has 0 bridgehead atoms. The SMILES string of the molecule is CCNCc1nc2cc(OC)ccc2o1. The van der Waals surface area contributed by atoms with Crippen molar-refractivity contribution < 1.29 is 9.15 Å². The molecule has 0 fully saturated rings. The molecule has 4 nitrogen and oxygen atoms in total. The zero-order valence-corrected chi connectivity index (χ0v) is 8.91. The molecule has 1 heterocycles. The molecule has 80 valence electrons. The van der Waals surface area contributed by atoms with Crippen LogP contribution < -0.4 is 10.1 Å². The predicted molar refractivity (Wildman–Crippen MR) is 57.9 cm³/mol. The number of benzene rings is 1. The molecule has 0 unspecified atom stereocenters. The Labute approximate surface area is 88.3 Å².